The molecule has 9 heteroatoms. The molecule has 0 atom stereocenters. The first-order chi connectivity index (χ1) is 7.25. The van der Waals surface area contributed by atoms with E-state index in [-0.39, 0.29) is 0 Å². The summed E-state index contributed by atoms with van der Waals surface area (Å²) >= 11 is 0. The molecule has 0 aliphatic heterocycles. The van der Waals surface area contributed by atoms with Gasteiger partial charge in [-0.25, -0.2) is 0 Å². The van der Waals surface area contributed by atoms with Crippen molar-refractivity contribution >= 4 is 11.4 Å². The third kappa shape index (κ3) is 2.07. The van der Waals surface area contributed by atoms with Crippen LogP contribution in [0, 0.1) is 20.2 Å². The summed E-state index contributed by atoms with van der Waals surface area (Å²) in [5.74, 6) is 0. The number of nitro groups is 2. The Morgan fingerprint density at radius 1 is 1.06 bits per heavy atom. The molecule has 0 saturated heterocycles. The zero-order valence-corrected chi connectivity index (χ0v) is 7.39. The summed E-state index contributed by atoms with van der Waals surface area (Å²) < 4.78 is 37.0. The third-order valence-corrected chi connectivity index (χ3v) is 1.70. The smallest absolute Gasteiger partial charge is 0.258 e. The van der Waals surface area contributed by atoms with E-state index >= 15 is 0 Å². The van der Waals surface area contributed by atoms with Crippen LogP contribution in [0.4, 0.5) is 24.5 Å². The fourth-order valence-electron chi connectivity index (χ4n) is 1.10. The molecule has 0 spiro atoms. The molecule has 1 aromatic rings. The number of rotatable bonds is 2. The van der Waals surface area contributed by atoms with Crippen LogP contribution in [0.25, 0.3) is 0 Å². The van der Waals surface area contributed by atoms with Crippen LogP contribution in [-0.2, 0) is 6.18 Å². The fraction of sp³-hybridized carbons (Fsp3) is 0.143. The first kappa shape index (κ1) is 11.9. The van der Waals surface area contributed by atoms with Crippen LogP contribution >= 0.6 is 0 Å². The van der Waals surface area contributed by atoms with Gasteiger partial charge >= 0.3 is 17.6 Å². The van der Waals surface area contributed by atoms with E-state index in [4.69, 9.17) is 0 Å². The highest BCUT2D eigenvalue weighted by atomic mass is 19.4. The molecule has 16 heavy (non-hydrogen) atoms. The van der Waals surface area contributed by atoms with Crippen molar-refractivity contribution in [3.63, 3.8) is 0 Å². The third-order valence-electron chi connectivity index (χ3n) is 1.70. The first-order valence-corrected chi connectivity index (χ1v) is 3.74. The molecule has 1 rings (SSSR count). The van der Waals surface area contributed by atoms with Crippen molar-refractivity contribution in [2.45, 2.75) is 6.18 Å². The molecular weight excluding hydrogens is 233 g/mol. The zero-order valence-electron chi connectivity index (χ0n) is 7.39. The molecular formula is C7H3F3N2O4. The summed E-state index contributed by atoms with van der Waals surface area (Å²) in [7, 11) is 0. The van der Waals surface area contributed by atoms with Crippen molar-refractivity contribution in [3.05, 3.63) is 44.0 Å². The van der Waals surface area contributed by atoms with Crippen LogP contribution in [0.15, 0.2) is 18.2 Å². The maximum Gasteiger partial charge on any atom is 0.423 e. The summed E-state index contributed by atoms with van der Waals surface area (Å²) in [6.07, 6.45) is -5.01. The van der Waals surface area contributed by atoms with Gasteiger partial charge in [0.2, 0.25) is 0 Å². The van der Waals surface area contributed by atoms with Gasteiger partial charge in [0.1, 0.15) is 5.56 Å². The van der Waals surface area contributed by atoms with E-state index < -0.39 is 33.0 Å². The Kier molecular flexibility index (Phi) is 2.79. The van der Waals surface area contributed by atoms with Gasteiger partial charge < -0.3 is 0 Å². The molecule has 0 amide bonds. The molecule has 0 saturated carbocycles. The van der Waals surface area contributed by atoms with Crippen LogP contribution in [0.2, 0.25) is 0 Å². The molecule has 0 unspecified atom stereocenters. The molecule has 1 aromatic carbocycles. The van der Waals surface area contributed by atoms with E-state index in [1.165, 1.54) is 0 Å². The lowest BCUT2D eigenvalue weighted by molar-refractivity contribution is -0.424. The average Bonchev–Trinajstić information content (AvgIpc) is 2.14. The molecule has 0 aliphatic rings. The van der Waals surface area contributed by atoms with E-state index in [2.05, 4.69) is 0 Å². The minimum absolute atomic E-state index is 0.422. The number of para-hydroxylation sites is 1. The highest BCUT2D eigenvalue weighted by molar-refractivity contribution is 5.58. The maximum absolute atomic E-state index is 12.3. The quantitative estimate of drug-likeness (QED) is 0.583. The highest BCUT2D eigenvalue weighted by Gasteiger charge is 2.42. The Labute approximate surface area is 85.6 Å². The Bertz CT molecular complexity index is 457. The van der Waals surface area contributed by atoms with Crippen molar-refractivity contribution < 1.29 is 23.0 Å². The number of nitrogens with zero attached hydrogens (tertiary/aromatic N) is 2. The van der Waals surface area contributed by atoms with Crippen LogP contribution < -0.4 is 0 Å². The lowest BCUT2D eigenvalue weighted by atomic mass is 10.1. The average molecular weight is 236 g/mol. The Balaban J connectivity index is 3.58. The van der Waals surface area contributed by atoms with Crippen LogP contribution in [0.1, 0.15) is 5.56 Å². The molecule has 0 heterocycles. The minimum atomic E-state index is -5.01. The molecule has 6 nitrogen and oxygen atoms in total. The Morgan fingerprint density at radius 2 is 1.62 bits per heavy atom. The molecule has 0 aromatic heterocycles. The van der Waals surface area contributed by atoms with Crippen molar-refractivity contribution in [1.29, 1.82) is 0 Å². The van der Waals surface area contributed by atoms with E-state index in [1.807, 2.05) is 0 Å². The van der Waals surface area contributed by atoms with Crippen LogP contribution in [0.5, 0.6) is 0 Å². The number of hydrogen-bond donors (Lipinski definition) is 0. The summed E-state index contributed by atoms with van der Waals surface area (Å²) in [4.78, 5) is 18.1. The SMILES string of the molecule is O=[N+]([O-])c1cccc(C(F)(F)F)c1[N+](=O)[O-]. The minimum Gasteiger partial charge on any atom is -0.258 e. The van der Waals surface area contributed by atoms with Gasteiger partial charge in [0.05, 0.1) is 9.85 Å². The number of nitro benzene ring substituents is 2. The van der Waals surface area contributed by atoms with E-state index in [0.717, 1.165) is 6.07 Å². The van der Waals surface area contributed by atoms with E-state index in [9.17, 15) is 33.4 Å². The monoisotopic (exact) mass is 236 g/mol. The highest BCUT2D eigenvalue weighted by Crippen LogP contribution is 2.40. The normalized spacial score (nSPS) is 11.2. The van der Waals surface area contributed by atoms with Gasteiger partial charge in [-0.05, 0) is 6.07 Å². The second-order valence-electron chi connectivity index (χ2n) is 2.69. The van der Waals surface area contributed by atoms with Crippen molar-refractivity contribution in [1.82, 2.24) is 0 Å². The van der Waals surface area contributed by atoms with Crippen LogP contribution in [-0.4, -0.2) is 9.85 Å². The largest absolute Gasteiger partial charge is 0.423 e. The van der Waals surface area contributed by atoms with Gasteiger partial charge in [0, 0.05) is 6.07 Å². The predicted octanol–water partition coefficient (Wildman–Crippen LogP) is 2.52. The molecule has 0 radical (unpaired) electrons. The van der Waals surface area contributed by atoms with Gasteiger partial charge in [-0.3, -0.25) is 20.2 Å². The molecule has 0 bridgehead atoms. The molecule has 86 valence electrons. The van der Waals surface area contributed by atoms with E-state index in [1.54, 1.807) is 0 Å². The molecule has 0 aliphatic carbocycles. The zero-order chi connectivity index (χ0) is 12.5. The van der Waals surface area contributed by atoms with Gasteiger partial charge in [-0.1, -0.05) is 6.07 Å². The van der Waals surface area contributed by atoms with Crippen molar-refractivity contribution in [2.24, 2.45) is 0 Å². The summed E-state index contributed by atoms with van der Waals surface area (Å²) in [5.41, 5.74) is -4.36. The second-order valence-corrected chi connectivity index (χ2v) is 2.69. The molecule has 0 fully saturated rings. The predicted molar refractivity (Wildman–Crippen MR) is 44.8 cm³/mol. The lowest BCUT2D eigenvalue weighted by Gasteiger charge is -2.06. The number of benzene rings is 1. The summed E-state index contributed by atoms with van der Waals surface area (Å²) in [6, 6.07) is 1.81. The summed E-state index contributed by atoms with van der Waals surface area (Å²) in [6.45, 7) is 0. The topological polar surface area (TPSA) is 86.3 Å². The second kappa shape index (κ2) is 3.76. The van der Waals surface area contributed by atoms with Crippen molar-refractivity contribution in [2.75, 3.05) is 0 Å². The first-order valence-electron chi connectivity index (χ1n) is 3.74. The van der Waals surface area contributed by atoms with Crippen molar-refractivity contribution in [3.8, 4) is 0 Å². The fourth-order valence-corrected chi connectivity index (χ4v) is 1.10. The lowest BCUT2D eigenvalue weighted by Crippen LogP contribution is -2.10. The molecule has 0 N–H and O–H groups in total. The Morgan fingerprint density at radius 3 is 2.00 bits per heavy atom. The number of halogens is 3. The standard InChI is InChI=1S/C7H3F3N2O4/c8-7(9,10)4-2-1-3-5(11(13)14)6(4)12(15)16/h1-3H. The van der Waals surface area contributed by atoms with E-state index in [0.29, 0.717) is 12.1 Å². The van der Waals surface area contributed by atoms with Gasteiger partial charge in [-0.15, -0.1) is 0 Å². The maximum atomic E-state index is 12.3. The van der Waals surface area contributed by atoms with Gasteiger partial charge in [0.25, 0.3) is 0 Å². The van der Waals surface area contributed by atoms with Crippen LogP contribution in [0.3, 0.4) is 0 Å². The Hall–Kier alpha value is -2.19. The van der Waals surface area contributed by atoms with Gasteiger partial charge in [0.15, 0.2) is 0 Å². The number of hydrogen-bond acceptors (Lipinski definition) is 4. The number of alkyl halides is 3. The van der Waals surface area contributed by atoms with Gasteiger partial charge in [-0.2, -0.15) is 13.2 Å². The summed E-state index contributed by atoms with van der Waals surface area (Å²) in [5, 5.41) is 20.7.